The SMILES string of the molecule is [N-]=[N+]=C1N=CC(CC(=O)O)=N1. The molecule has 1 aliphatic heterocycles. The maximum atomic E-state index is 10.1. The second kappa shape index (κ2) is 2.85. The lowest BCUT2D eigenvalue weighted by atomic mass is 10.3. The Balaban J connectivity index is 2.72. The summed E-state index contributed by atoms with van der Waals surface area (Å²) >= 11 is 0. The molecule has 0 saturated carbocycles. The lowest BCUT2D eigenvalue weighted by Gasteiger charge is -1.81. The molecule has 0 spiro atoms. The molecule has 0 aromatic heterocycles. The number of carboxylic acids is 1. The molecule has 0 aliphatic carbocycles. The summed E-state index contributed by atoms with van der Waals surface area (Å²) in [7, 11) is 0. The van der Waals surface area contributed by atoms with Crippen molar-refractivity contribution in [3.05, 3.63) is 5.53 Å². The van der Waals surface area contributed by atoms with Crippen LogP contribution in [0.5, 0.6) is 0 Å². The fourth-order valence-corrected chi connectivity index (χ4v) is 0.607. The van der Waals surface area contributed by atoms with E-state index in [4.69, 9.17) is 10.6 Å². The minimum Gasteiger partial charge on any atom is -0.542 e. The quantitative estimate of drug-likeness (QED) is 0.429. The highest BCUT2D eigenvalue weighted by Gasteiger charge is 2.19. The van der Waals surface area contributed by atoms with E-state index in [1.165, 1.54) is 6.21 Å². The van der Waals surface area contributed by atoms with Crippen molar-refractivity contribution in [2.24, 2.45) is 9.98 Å². The van der Waals surface area contributed by atoms with E-state index in [1.807, 2.05) is 0 Å². The molecule has 0 amide bonds. The normalized spacial score (nSPS) is 14.5. The van der Waals surface area contributed by atoms with Crippen molar-refractivity contribution in [1.82, 2.24) is 0 Å². The minimum absolute atomic E-state index is 0.110. The van der Waals surface area contributed by atoms with E-state index < -0.39 is 5.97 Å². The van der Waals surface area contributed by atoms with Crippen LogP contribution in [-0.4, -0.2) is 33.8 Å². The highest BCUT2D eigenvalue weighted by atomic mass is 16.4. The van der Waals surface area contributed by atoms with Crippen LogP contribution < -0.4 is 0 Å². The molecular weight excluding hydrogens is 148 g/mol. The zero-order valence-electron chi connectivity index (χ0n) is 5.43. The standard InChI is InChI=1S/C5H4N4O2/c6-9-5-7-2-3(8-5)1-4(10)11/h2H,1H2,(H,10,11). The molecule has 1 aliphatic rings. The Morgan fingerprint density at radius 2 is 2.55 bits per heavy atom. The van der Waals surface area contributed by atoms with Crippen molar-refractivity contribution in [2.75, 3.05) is 0 Å². The van der Waals surface area contributed by atoms with Gasteiger partial charge in [0.2, 0.25) is 0 Å². The average molecular weight is 152 g/mol. The molecule has 1 N–H and O–H groups in total. The predicted octanol–water partition coefficient (Wildman–Crippen LogP) is -0.428. The summed E-state index contributed by atoms with van der Waals surface area (Å²) in [5, 5.41) is 8.29. The van der Waals surface area contributed by atoms with Gasteiger partial charge in [0.25, 0.3) is 0 Å². The van der Waals surface area contributed by atoms with Gasteiger partial charge in [0.05, 0.1) is 0 Å². The Hall–Kier alpha value is -1.81. The van der Waals surface area contributed by atoms with E-state index in [9.17, 15) is 4.79 Å². The van der Waals surface area contributed by atoms with Crippen molar-refractivity contribution in [1.29, 1.82) is 0 Å². The number of hydrogen-bond acceptors (Lipinski definition) is 1. The Kier molecular flexibility index (Phi) is 1.89. The molecule has 6 nitrogen and oxygen atoms in total. The Morgan fingerprint density at radius 3 is 3.00 bits per heavy atom. The molecule has 0 atom stereocenters. The van der Waals surface area contributed by atoms with Gasteiger partial charge in [-0.1, -0.05) is 9.98 Å². The van der Waals surface area contributed by atoms with E-state index in [-0.39, 0.29) is 18.1 Å². The van der Waals surface area contributed by atoms with Crippen LogP contribution in [0, 0.1) is 0 Å². The summed E-state index contributed by atoms with van der Waals surface area (Å²) in [5.74, 6) is -1.10. The molecule has 0 unspecified atom stereocenters. The van der Waals surface area contributed by atoms with E-state index >= 15 is 0 Å². The lowest BCUT2D eigenvalue weighted by Crippen LogP contribution is -2.05. The summed E-state index contributed by atoms with van der Waals surface area (Å²) in [4.78, 5) is 19.8. The Labute approximate surface area is 61.5 Å². The Morgan fingerprint density at radius 1 is 1.82 bits per heavy atom. The van der Waals surface area contributed by atoms with E-state index in [0.29, 0.717) is 0 Å². The number of hydrogen-bond donors (Lipinski definition) is 1. The summed E-state index contributed by atoms with van der Waals surface area (Å²) in [6, 6.07) is 0. The first-order valence-electron chi connectivity index (χ1n) is 2.78. The van der Waals surface area contributed by atoms with Crippen LogP contribution in [0.25, 0.3) is 5.53 Å². The number of guanidine groups is 1. The molecule has 0 fully saturated rings. The van der Waals surface area contributed by atoms with Crippen molar-refractivity contribution < 1.29 is 14.7 Å². The van der Waals surface area contributed by atoms with Crippen LogP contribution in [0.3, 0.4) is 0 Å². The molecule has 0 radical (unpaired) electrons. The molecule has 1 rings (SSSR count). The molecule has 1 heterocycles. The van der Waals surface area contributed by atoms with Gasteiger partial charge >= 0.3 is 11.9 Å². The van der Waals surface area contributed by atoms with Crippen molar-refractivity contribution in [2.45, 2.75) is 6.42 Å². The van der Waals surface area contributed by atoms with Crippen LogP contribution >= 0.6 is 0 Å². The van der Waals surface area contributed by atoms with Gasteiger partial charge in [0.1, 0.15) is 12.6 Å². The van der Waals surface area contributed by atoms with Crippen molar-refractivity contribution >= 4 is 23.9 Å². The predicted molar refractivity (Wildman–Crippen MR) is 36.8 cm³/mol. The molecule has 56 valence electrons. The number of aliphatic imine (C=N–C) groups is 2. The van der Waals surface area contributed by atoms with Crippen LogP contribution in [0.1, 0.15) is 6.42 Å². The minimum atomic E-state index is -0.991. The molecule has 0 bridgehead atoms. The maximum Gasteiger partial charge on any atom is 0.506 e. The molecule has 6 heteroatoms. The van der Waals surface area contributed by atoms with Crippen molar-refractivity contribution in [3.8, 4) is 0 Å². The third kappa shape index (κ3) is 1.80. The topological polar surface area (TPSA) is 98.4 Å². The first kappa shape index (κ1) is 7.30. The van der Waals surface area contributed by atoms with E-state index in [1.54, 1.807) is 0 Å². The third-order valence-electron chi connectivity index (χ3n) is 0.994. The zero-order chi connectivity index (χ0) is 8.27. The summed E-state index contributed by atoms with van der Waals surface area (Å²) in [6.45, 7) is 0. The highest BCUT2D eigenvalue weighted by Crippen LogP contribution is 1.94. The number of carbonyl (C=O) groups is 1. The fourth-order valence-electron chi connectivity index (χ4n) is 0.607. The monoisotopic (exact) mass is 152 g/mol. The van der Waals surface area contributed by atoms with Crippen LogP contribution in [0.15, 0.2) is 9.98 Å². The van der Waals surface area contributed by atoms with Crippen molar-refractivity contribution in [3.63, 3.8) is 0 Å². The molecular formula is C5H4N4O2. The van der Waals surface area contributed by atoms with Gasteiger partial charge in [-0.15, -0.1) is 0 Å². The van der Waals surface area contributed by atoms with Crippen LogP contribution in [0.4, 0.5) is 0 Å². The lowest BCUT2D eigenvalue weighted by molar-refractivity contribution is -0.135. The van der Waals surface area contributed by atoms with Gasteiger partial charge in [-0.3, -0.25) is 4.79 Å². The fraction of sp³-hybridized carbons (Fsp3) is 0.200. The third-order valence-corrected chi connectivity index (χ3v) is 0.994. The second-order valence-electron chi connectivity index (χ2n) is 1.83. The smallest absolute Gasteiger partial charge is 0.506 e. The van der Waals surface area contributed by atoms with E-state index in [0.717, 1.165) is 0 Å². The zero-order valence-corrected chi connectivity index (χ0v) is 5.43. The van der Waals surface area contributed by atoms with Gasteiger partial charge < -0.3 is 15.4 Å². The number of aliphatic carboxylic acids is 1. The Bertz CT molecular complexity index is 298. The van der Waals surface area contributed by atoms with Gasteiger partial charge in [0, 0.05) is 0 Å². The second-order valence-corrected chi connectivity index (χ2v) is 1.83. The van der Waals surface area contributed by atoms with Gasteiger partial charge in [-0.25, -0.2) is 0 Å². The summed E-state index contributed by atoms with van der Waals surface area (Å²) < 4.78 is 0. The highest BCUT2D eigenvalue weighted by molar-refractivity contribution is 6.40. The summed E-state index contributed by atoms with van der Waals surface area (Å²) in [5.41, 5.74) is 8.42. The van der Waals surface area contributed by atoms with Gasteiger partial charge in [-0.2, -0.15) is 0 Å². The number of rotatable bonds is 2. The number of carboxylic acid groups (broad SMARTS) is 1. The van der Waals surface area contributed by atoms with E-state index in [2.05, 4.69) is 14.8 Å². The van der Waals surface area contributed by atoms with Gasteiger partial charge in [0.15, 0.2) is 5.71 Å². The summed E-state index contributed by atoms with van der Waals surface area (Å²) in [6.07, 6.45) is 1.05. The maximum absolute atomic E-state index is 10.1. The first-order chi connectivity index (χ1) is 5.22. The molecule has 0 saturated heterocycles. The van der Waals surface area contributed by atoms with Gasteiger partial charge in [-0.05, 0) is 0 Å². The largest absolute Gasteiger partial charge is 0.542 e. The molecule has 0 aromatic rings. The number of nitrogens with zero attached hydrogens (tertiary/aromatic N) is 4. The van der Waals surface area contributed by atoms with Crippen LogP contribution in [0.2, 0.25) is 0 Å². The average Bonchev–Trinajstić information content (AvgIpc) is 2.34. The first-order valence-corrected chi connectivity index (χ1v) is 2.78. The molecule has 11 heavy (non-hydrogen) atoms. The molecule has 0 aromatic carbocycles. The van der Waals surface area contributed by atoms with Crippen LogP contribution in [-0.2, 0) is 4.79 Å².